The van der Waals surface area contributed by atoms with E-state index in [1.807, 2.05) is 0 Å². The van der Waals surface area contributed by atoms with Gasteiger partial charge in [-0.25, -0.2) is 0 Å². The number of carbonyl (C=O) groups is 3. The van der Waals surface area contributed by atoms with Gasteiger partial charge < -0.3 is 16.6 Å². The molecule has 108 valence electrons. The van der Waals surface area contributed by atoms with E-state index in [-0.39, 0.29) is 12.8 Å². The van der Waals surface area contributed by atoms with Gasteiger partial charge in [-0.1, -0.05) is 30.3 Å². The first-order valence-corrected chi connectivity index (χ1v) is 6.12. The Kier molecular flexibility index (Phi) is 4.99. The van der Waals surface area contributed by atoms with Gasteiger partial charge in [0.25, 0.3) is 0 Å². The molecule has 0 radical (unpaired) electrons. The minimum atomic E-state index is -1.83. The number of rotatable bonds is 7. The third-order valence-corrected chi connectivity index (χ3v) is 3.20. The normalized spacial score (nSPS) is 15.1. The zero-order chi connectivity index (χ0) is 15.3. The molecule has 0 bridgehead atoms. The Morgan fingerprint density at radius 3 is 2.25 bits per heavy atom. The second-order valence-corrected chi connectivity index (χ2v) is 4.94. The van der Waals surface area contributed by atoms with Crippen LogP contribution in [0.25, 0.3) is 0 Å². The molecule has 0 fully saturated rings. The molecule has 0 saturated heterocycles. The first-order chi connectivity index (χ1) is 9.25. The van der Waals surface area contributed by atoms with Crippen LogP contribution in [0, 0.1) is 5.92 Å². The third kappa shape index (κ3) is 3.89. The molecule has 1 rings (SSSR count). The molecule has 20 heavy (non-hydrogen) atoms. The molecule has 0 aliphatic heterocycles. The molecule has 0 saturated carbocycles. The van der Waals surface area contributed by atoms with Gasteiger partial charge in [-0.2, -0.15) is 0 Å². The second kappa shape index (κ2) is 6.29. The molecule has 5 N–H and O–H groups in total. The fourth-order valence-electron chi connectivity index (χ4n) is 1.93. The lowest BCUT2D eigenvalue weighted by atomic mass is 9.79. The van der Waals surface area contributed by atoms with E-state index >= 15 is 0 Å². The van der Waals surface area contributed by atoms with Gasteiger partial charge in [0.1, 0.15) is 11.3 Å². The highest BCUT2D eigenvalue weighted by atomic mass is 16.4. The van der Waals surface area contributed by atoms with Crippen molar-refractivity contribution >= 4 is 17.7 Å². The lowest BCUT2D eigenvalue weighted by Crippen LogP contribution is -2.55. The van der Waals surface area contributed by atoms with Crippen LogP contribution in [-0.4, -0.2) is 28.3 Å². The highest BCUT2D eigenvalue weighted by Gasteiger charge is 2.42. The third-order valence-electron chi connectivity index (χ3n) is 3.20. The van der Waals surface area contributed by atoms with E-state index in [4.69, 9.17) is 16.6 Å². The number of hydrogen-bond donors (Lipinski definition) is 3. The standard InChI is InChI=1S/C14H18N2O4/c1-14(16,13(19)20)10(8-12(15)18)11(17)7-9-5-3-2-4-6-9/h2-6,10H,7-8,16H2,1H3,(H2,15,18)(H,19,20). The van der Waals surface area contributed by atoms with Gasteiger partial charge in [-0.3, -0.25) is 14.4 Å². The Labute approximate surface area is 116 Å². The van der Waals surface area contributed by atoms with Crippen LogP contribution in [0.3, 0.4) is 0 Å². The maximum absolute atomic E-state index is 12.2. The Balaban J connectivity index is 2.96. The number of aliphatic carboxylic acids is 1. The number of primary amides is 1. The molecule has 6 heteroatoms. The maximum Gasteiger partial charge on any atom is 0.324 e. The largest absolute Gasteiger partial charge is 0.480 e. The van der Waals surface area contributed by atoms with Crippen molar-refractivity contribution in [3.8, 4) is 0 Å². The van der Waals surface area contributed by atoms with Crippen molar-refractivity contribution in [2.45, 2.75) is 25.3 Å². The van der Waals surface area contributed by atoms with Gasteiger partial charge in [0, 0.05) is 12.8 Å². The SMILES string of the molecule is CC(N)(C(=O)O)C(CC(N)=O)C(=O)Cc1ccccc1. The summed E-state index contributed by atoms with van der Waals surface area (Å²) < 4.78 is 0. The summed E-state index contributed by atoms with van der Waals surface area (Å²) >= 11 is 0. The van der Waals surface area contributed by atoms with Crippen LogP contribution in [0.4, 0.5) is 0 Å². The fourth-order valence-corrected chi connectivity index (χ4v) is 1.93. The van der Waals surface area contributed by atoms with E-state index in [1.165, 1.54) is 6.92 Å². The first-order valence-electron chi connectivity index (χ1n) is 6.12. The van der Waals surface area contributed by atoms with Crippen LogP contribution >= 0.6 is 0 Å². The quantitative estimate of drug-likeness (QED) is 0.652. The van der Waals surface area contributed by atoms with Gasteiger partial charge in [0.15, 0.2) is 0 Å². The zero-order valence-corrected chi connectivity index (χ0v) is 11.2. The average molecular weight is 278 g/mol. The van der Waals surface area contributed by atoms with E-state index in [9.17, 15) is 14.4 Å². The molecule has 0 aliphatic carbocycles. The molecule has 2 unspecified atom stereocenters. The van der Waals surface area contributed by atoms with Crippen LogP contribution in [0.5, 0.6) is 0 Å². The number of carboxylic acids is 1. The summed E-state index contributed by atoms with van der Waals surface area (Å²) in [7, 11) is 0. The summed E-state index contributed by atoms with van der Waals surface area (Å²) in [5.41, 5.74) is 9.66. The molecular weight excluding hydrogens is 260 g/mol. The number of nitrogens with two attached hydrogens (primary N) is 2. The summed E-state index contributed by atoms with van der Waals surface area (Å²) in [6, 6.07) is 8.83. The Morgan fingerprint density at radius 1 is 1.25 bits per heavy atom. The van der Waals surface area contributed by atoms with E-state index in [0.717, 1.165) is 5.56 Å². The highest BCUT2D eigenvalue weighted by molar-refractivity contribution is 5.94. The van der Waals surface area contributed by atoms with E-state index in [0.29, 0.717) is 0 Å². The minimum Gasteiger partial charge on any atom is -0.480 e. The lowest BCUT2D eigenvalue weighted by molar-refractivity contribution is -0.148. The molecule has 6 nitrogen and oxygen atoms in total. The fraction of sp³-hybridized carbons (Fsp3) is 0.357. The first kappa shape index (κ1) is 15.8. The summed E-state index contributed by atoms with van der Waals surface area (Å²) in [6.45, 7) is 1.21. The predicted molar refractivity (Wildman–Crippen MR) is 72.7 cm³/mol. The molecule has 0 aliphatic rings. The monoisotopic (exact) mass is 278 g/mol. The maximum atomic E-state index is 12.2. The number of hydrogen-bond acceptors (Lipinski definition) is 4. The molecule has 2 atom stereocenters. The Hall–Kier alpha value is -2.21. The van der Waals surface area contributed by atoms with Crippen molar-refractivity contribution in [1.29, 1.82) is 0 Å². The smallest absolute Gasteiger partial charge is 0.324 e. The van der Waals surface area contributed by atoms with Crippen LogP contribution in [0.2, 0.25) is 0 Å². The van der Waals surface area contributed by atoms with Crippen LogP contribution in [0.1, 0.15) is 18.9 Å². The van der Waals surface area contributed by atoms with Crippen molar-refractivity contribution in [3.63, 3.8) is 0 Å². The van der Waals surface area contributed by atoms with Gasteiger partial charge in [0.05, 0.1) is 5.92 Å². The Morgan fingerprint density at radius 2 is 1.80 bits per heavy atom. The van der Waals surface area contributed by atoms with Gasteiger partial charge >= 0.3 is 5.97 Å². The van der Waals surface area contributed by atoms with Gasteiger partial charge in [-0.15, -0.1) is 0 Å². The van der Waals surface area contributed by atoms with Crippen molar-refractivity contribution < 1.29 is 19.5 Å². The van der Waals surface area contributed by atoms with Crippen LogP contribution in [0.15, 0.2) is 30.3 Å². The summed E-state index contributed by atoms with van der Waals surface area (Å²) in [5, 5.41) is 9.11. The minimum absolute atomic E-state index is 0.0128. The van der Waals surface area contributed by atoms with Crippen molar-refractivity contribution in [3.05, 3.63) is 35.9 Å². The highest BCUT2D eigenvalue weighted by Crippen LogP contribution is 2.21. The molecular formula is C14H18N2O4. The molecule has 0 aromatic heterocycles. The Bertz CT molecular complexity index is 511. The van der Waals surface area contributed by atoms with Gasteiger partial charge in [-0.05, 0) is 12.5 Å². The second-order valence-electron chi connectivity index (χ2n) is 4.94. The number of amides is 1. The summed E-state index contributed by atoms with van der Waals surface area (Å²) in [6.07, 6.45) is -0.371. The van der Waals surface area contributed by atoms with Crippen molar-refractivity contribution in [1.82, 2.24) is 0 Å². The topological polar surface area (TPSA) is 123 Å². The number of carbonyl (C=O) groups excluding carboxylic acids is 2. The predicted octanol–water partition coefficient (Wildman–Crippen LogP) is 0.0918. The zero-order valence-electron chi connectivity index (χ0n) is 11.2. The number of carboxylic acid groups (broad SMARTS) is 1. The number of ketones is 1. The number of Topliss-reactive ketones (excluding diaryl/α,β-unsaturated/α-hetero) is 1. The van der Waals surface area contributed by atoms with E-state index in [1.54, 1.807) is 30.3 Å². The summed E-state index contributed by atoms with van der Waals surface area (Å²) in [4.78, 5) is 34.5. The number of benzene rings is 1. The van der Waals surface area contributed by atoms with Crippen molar-refractivity contribution in [2.75, 3.05) is 0 Å². The molecule has 0 heterocycles. The molecule has 1 aromatic rings. The van der Waals surface area contributed by atoms with Crippen LogP contribution < -0.4 is 11.5 Å². The van der Waals surface area contributed by atoms with E-state index in [2.05, 4.69) is 0 Å². The lowest BCUT2D eigenvalue weighted by Gasteiger charge is -2.28. The van der Waals surface area contributed by atoms with E-state index < -0.39 is 29.1 Å². The molecule has 0 spiro atoms. The van der Waals surface area contributed by atoms with Crippen molar-refractivity contribution in [2.24, 2.45) is 17.4 Å². The molecule has 1 amide bonds. The van der Waals surface area contributed by atoms with Crippen LogP contribution in [-0.2, 0) is 20.8 Å². The van der Waals surface area contributed by atoms with Gasteiger partial charge in [0.2, 0.25) is 5.91 Å². The average Bonchev–Trinajstić information content (AvgIpc) is 2.36. The summed E-state index contributed by atoms with van der Waals surface area (Å²) in [5.74, 6) is -3.67. The molecule has 1 aromatic carbocycles.